The fourth-order valence-electron chi connectivity index (χ4n) is 3.99. The van der Waals surface area contributed by atoms with E-state index in [2.05, 4.69) is 22.3 Å². The predicted molar refractivity (Wildman–Crippen MR) is 111 cm³/mol. The Morgan fingerprint density at radius 3 is 2.97 bits per heavy atom. The van der Waals surface area contributed by atoms with Gasteiger partial charge in [-0.1, -0.05) is 19.1 Å². The van der Waals surface area contributed by atoms with E-state index < -0.39 is 4.92 Å². The van der Waals surface area contributed by atoms with Crippen LogP contribution in [0.15, 0.2) is 47.4 Å². The van der Waals surface area contributed by atoms with E-state index >= 15 is 0 Å². The summed E-state index contributed by atoms with van der Waals surface area (Å²) in [5.74, 6) is 0.767. The zero-order valence-electron chi connectivity index (χ0n) is 16.2. The van der Waals surface area contributed by atoms with Crippen molar-refractivity contribution < 1.29 is 4.92 Å². The van der Waals surface area contributed by atoms with Crippen molar-refractivity contribution in [2.45, 2.75) is 26.3 Å². The van der Waals surface area contributed by atoms with E-state index in [0.29, 0.717) is 34.6 Å². The van der Waals surface area contributed by atoms with E-state index in [0.717, 1.165) is 25.9 Å². The molecule has 0 saturated carbocycles. The van der Waals surface area contributed by atoms with Crippen molar-refractivity contribution in [2.75, 3.05) is 13.1 Å². The number of hydrogen-bond acceptors (Lipinski definition) is 6. The Morgan fingerprint density at radius 2 is 2.21 bits per heavy atom. The minimum atomic E-state index is -0.437. The second kappa shape index (κ2) is 8.08. The highest BCUT2D eigenvalue weighted by Gasteiger charge is 2.22. The molecule has 3 aromatic rings. The molecule has 3 heterocycles. The van der Waals surface area contributed by atoms with Gasteiger partial charge in [0.1, 0.15) is 11.2 Å². The Hall–Kier alpha value is -3.13. The number of fused-ring (bicyclic) bond motifs is 1. The maximum atomic E-state index is 13.0. The summed E-state index contributed by atoms with van der Waals surface area (Å²) in [7, 11) is 0. The number of rotatable bonds is 5. The molecule has 0 bridgehead atoms. The summed E-state index contributed by atoms with van der Waals surface area (Å²) in [4.78, 5) is 28.2. The molecule has 2 atom stereocenters. The van der Waals surface area contributed by atoms with Crippen LogP contribution in [0.1, 0.15) is 19.8 Å². The maximum absolute atomic E-state index is 13.0. The molecule has 0 radical (unpaired) electrons. The molecule has 0 amide bonds. The molecule has 1 saturated heterocycles. The second-order valence-corrected chi connectivity index (χ2v) is 7.63. The van der Waals surface area contributed by atoms with Gasteiger partial charge in [-0.25, -0.2) is 4.68 Å². The van der Waals surface area contributed by atoms with Gasteiger partial charge in [0.2, 0.25) is 0 Å². The number of hydrogen-bond donors (Lipinski definition) is 1. The van der Waals surface area contributed by atoms with Crippen LogP contribution >= 0.6 is 0 Å². The van der Waals surface area contributed by atoms with Gasteiger partial charge >= 0.3 is 0 Å². The minimum absolute atomic E-state index is 0.0206. The van der Waals surface area contributed by atoms with Crippen LogP contribution in [0.4, 0.5) is 5.69 Å². The molecule has 1 fully saturated rings. The third-order valence-corrected chi connectivity index (χ3v) is 5.65. The van der Waals surface area contributed by atoms with Crippen LogP contribution in [0.5, 0.6) is 0 Å². The molecule has 8 heteroatoms. The lowest BCUT2D eigenvalue weighted by atomic mass is 9.87. The largest absolute Gasteiger partial charge is 0.316 e. The summed E-state index contributed by atoms with van der Waals surface area (Å²) in [5, 5.41) is 19.7. The molecule has 2 aromatic heterocycles. The average Bonchev–Trinajstić information content (AvgIpc) is 2.76. The molecule has 2 unspecified atom stereocenters. The highest BCUT2D eigenvalue weighted by molar-refractivity contribution is 5.90. The molecule has 1 aliphatic heterocycles. The molecule has 29 heavy (non-hydrogen) atoms. The summed E-state index contributed by atoms with van der Waals surface area (Å²) in [6, 6.07) is 9.74. The van der Waals surface area contributed by atoms with Crippen molar-refractivity contribution in [3.05, 3.63) is 63.1 Å². The lowest BCUT2D eigenvalue weighted by molar-refractivity contribution is -0.384. The Bertz CT molecular complexity index is 1100. The van der Waals surface area contributed by atoms with E-state index in [4.69, 9.17) is 0 Å². The fraction of sp³-hybridized carbons (Fsp3) is 0.381. The van der Waals surface area contributed by atoms with Crippen LogP contribution in [0.3, 0.4) is 0 Å². The van der Waals surface area contributed by atoms with Crippen LogP contribution < -0.4 is 10.9 Å². The van der Waals surface area contributed by atoms with E-state index in [9.17, 15) is 14.9 Å². The average molecular weight is 393 g/mol. The van der Waals surface area contributed by atoms with Gasteiger partial charge in [0, 0.05) is 30.4 Å². The topological polar surface area (TPSA) is 103 Å². The Balaban J connectivity index is 1.80. The lowest BCUT2D eigenvalue weighted by Crippen LogP contribution is -2.36. The monoisotopic (exact) mass is 393 g/mol. The zero-order chi connectivity index (χ0) is 20.4. The number of piperidine rings is 1. The molecule has 4 rings (SSSR count). The molecule has 0 spiro atoms. The maximum Gasteiger partial charge on any atom is 0.276 e. The van der Waals surface area contributed by atoms with Gasteiger partial charge in [-0.2, -0.15) is 5.10 Å². The molecule has 1 aliphatic rings. The SMILES string of the molecule is CC(Cn1nc(-c2cccc([N+](=O)[O-])c2)c2ncccc2c1=O)C1CCCNC1. The summed E-state index contributed by atoms with van der Waals surface area (Å²) >= 11 is 0. The van der Waals surface area contributed by atoms with E-state index in [1.165, 1.54) is 16.8 Å². The van der Waals surface area contributed by atoms with E-state index in [1.807, 2.05) is 0 Å². The molecular weight excluding hydrogens is 370 g/mol. The van der Waals surface area contributed by atoms with Gasteiger partial charge in [-0.3, -0.25) is 19.9 Å². The van der Waals surface area contributed by atoms with Crippen LogP contribution in [0.25, 0.3) is 22.2 Å². The third-order valence-electron chi connectivity index (χ3n) is 5.65. The van der Waals surface area contributed by atoms with Crippen molar-refractivity contribution in [3.8, 4) is 11.3 Å². The Morgan fingerprint density at radius 1 is 1.34 bits per heavy atom. The van der Waals surface area contributed by atoms with Crippen molar-refractivity contribution in [2.24, 2.45) is 11.8 Å². The van der Waals surface area contributed by atoms with Crippen molar-refractivity contribution in [1.29, 1.82) is 0 Å². The van der Waals surface area contributed by atoms with E-state index in [1.54, 1.807) is 30.5 Å². The molecule has 8 nitrogen and oxygen atoms in total. The highest BCUT2D eigenvalue weighted by atomic mass is 16.6. The number of nitrogens with one attached hydrogen (secondary N) is 1. The number of nitrogens with zero attached hydrogens (tertiary/aromatic N) is 4. The highest BCUT2D eigenvalue weighted by Crippen LogP contribution is 2.27. The molecule has 0 aliphatic carbocycles. The van der Waals surface area contributed by atoms with Gasteiger partial charge < -0.3 is 5.32 Å². The van der Waals surface area contributed by atoms with Crippen LogP contribution in [-0.2, 0) is 6.54 Å². The molecule has 150 valence electrons. The van der Waals surface area contributed by atoms with E-state index in [-0.39, 0.29) is 17.2 Å². The number of pyridine rings is 1. The van der Waals surface area contributed by atoms with Gasteiger partial charge in [0.05, 0.1) is 10.3 Å². The van der Waals surface area contributed by atoms with Gasteiger partial charge in [0.25, 0.3) is 11.2 Å². The quantitative estimate of drug-likeness (QED) is 0.528. The first-order valence-corrected chi connectivity index (χ1v) is 9.86. The normalized spacial score (nSPS) is 17.9. The Kier molecular flexibility index (Phi) is 5.35. The first-order chi connectivity index (χ1) is 14.0. The first kappa shape index (κ1) is 19.2. The van der Waals surface area contributed by atoms with Crippen LogP contribution in [-0.4, -0.2) is 32.8 Å². The summed E-state index contributed by atoms with van der Waals surface area (Å²) < 4.78 is 1.50. The number of nitro groups is 1. The fourth-order valence-corrected chi connectivity index (χ4v) is 3.99. The number of benzene rings is 1. The third kappa shape index (κ3) is 3.88. The standard InChI is InChI=1S/C21H23N5O3/c1-14(16-6-3-9-22-12-16)13-25-21(27)18-8-4-10-23-20(18)19(24-25)15-5-2-7-17(11-15)26(28)29/h2,4-5,7-8,10-11,14,16,22H,3,6,9,12-13H2,1H3. The van der Waals surface area contributed by atoms with Gasteiger partial charge in [-0.05, 0) is 49.9 Å². The van der Waals surface area contributed by atoms with Crippen LogP contribution in [0.2, 0.25) is 0 Å². The van der Waals surface area contributed by atoms with Gasteiger partial charge in [-0.15, -0.1) is 0 Å². The zero-order valence-corrected chi connectivity index (χ0v) is 16.2. The molecule has 1 aromatic carbocycles. The number of aromatic nitrogens is 3. The lowest BCUT2D eigenvalue weighted by Gasteiger charge is -2.28. The summed E-state index contributed by atoms with van der Waals surface area (Å²) in [6.45, 7) is 4.63. The minimum Gasteiger partial charge on any atom is -0.316 e. The predicted octanol–water partition coefficient (Wildman–Crippen LogP) is 3.00. The van der Waals surface area contributed by atoms with Crippen molar-refractivity contribution >= 4 is 16.6 Å². The molecular formula is C21H23N5O3. The van der Waals surface area contributed by atoms with Gasteiger partial charge in [0.15, 0.2) is 0 Å². The smallest absolute Gasteiger partial charge is 0.276 e. The van der Waals surface area contributed by atoms with Crippen molar-refractivity contribution in [1.82, 2.24) is 20.1 Å². The van der Waals surface area contributed by atoms with Crippen molar-refractivity contribution in [3.63, 3.8) is 0 Å². The summed E-state index contributed by atoms with van der Waals surface area (Å²) in [6.07, 6.45) is 3.87. The first-order valence-electron chi connectivity index (χ1n) is 9.86. The number of non-ortho nitro benzene ring substituents is 1. The second-order valence-electron chi connectivity index (χ2n) is 7.63. The number of nitro benzene ring substituents is 1. The summed E-state index contributed by atoms with van der Waals surface area (Å²) in [5.41, 5.74) is 1.31. The van der Waals surface area contributed by atoms with Crippen LogP contribution in [0, 0.1) is 22.0 Å². The molecule has 1 N–H and O–H groups in total. The Labute approximate surface area is 167 Å².